The van der Waals surface area contributed by atoms with Crippen molar-refractivity contribution in [2.75, 3.05) is 23.0 Å². The molecule has 1 atom stereocenters. The van der Waals surface area contributed by atoms with E-state index in [-0.39, 0.29) is 16.8 Å². The second-order valence-corrected chi connectivity index (χ2v) is 7.10. The summed E-state index contributed by atoms with van der Waals surface area (Å²) in [5.74, 6) is -0.0942. The van der Waals surface area contributed by atoms with Crippen LogP contribution in [0.4, 0.5) is 11.4 Å². The van der Waals surface area contributed by atoms with E-state index in [1.54, 1.807) is 12.1 Å². The van der Waals surface area contributed by atoms with Crippen LogP contribution in [0.3, 0.4) is 0 Å². The molecule has 1 unspecified atom stereocenters. The van der Waals surface area contributed by atoms with Crippen LogP contribution in [0.25, 0.3) is 0 Å². The van der Waals surface area contributed by atoms with E-state index in [2.05, 4.69) is 5.32 Å². The van der Waals surface area contributed by atoms with Gasteiger partial charge >= 0.3 is 0 Å². The van der Waals surface area contributed by atoms with Crippen LogP contribution in [-0.2, 0) is 14.6 Å². The molecule has 6 heteroatoms. The maximum Gasteiger partial charge on any atom is 0.247 e. The molecule has 1 aromatic carbocycles. The summed E-state index contributed by atoms with van der Waals surface area (Å²) < 4.78 is 23.6. The molecule has 1 saturated heterocycles. The number of piperidine rings is 1. The van der Waals surface area contributed by atoms with Gasteiger partial charge in [0.1, 0.15) is 6.04 Å². The van der Waals surface area contributed by atoms with Crippen molar-refractivity contribution >= 4 is 27.1 Å². The summed E-state index contributed by atoms with van der Waals surface area (Å²) in [6.07, 6.45) is 4.06. The highest BCUT2D eigenvalue weighted by molar-refractivity contribution is 7.90. The zero-order chi connectivity index (χ0) is 13.6. The molecule has 19 heavy (non-hydrogen) atoms. The molecule has 2 heterocycles. The van der Waals surface area contributed by atoms with Crippen molar-refractivity contribution < 1.29 is 13.2 Å². The van der Waals surface area contributed by atoms with E-state index in [4.69, 9.17) is 0 Å². The zero-order valence-electron chi connectivity index (χ0n) is 10.7. The van der Waals surface area contributed by atoms with Crippen molar-refractivity contribution in [3.8, 4) is 0 Å². The quantitative estimate of drug-likeness (QED) is 0.844. The molecule has 1 N–H and O–H groups in total. The average molecular weight is 280 g/mol. The monoisotopic (exact) mass is 280 g/mol. The van der Waals surface area contributed by atoms with Gasteiger partial charge in [0.05, 0.1) is 16.3 Å². The molecule has 0 aliphatic carbocycles. The first-order valence-corrected chi connectivity index (χ1v) is 8.28. The van der Waals surface area contributed by atoms with Crippen LogP contribution >= 0.6 is 0 Å². The molecule has 0 bridgehead atoms. The molecule has 2 aliphatic heterocycles. The topological polar surface area (TPSA) is 66.5 Å². The van der Waals surface area contributed by atoms with Gasteiger partial charge in [0, 0.05) is 12.8 Å². The molecule has 2 aliphatic rings. The maximum atomic E-state index is 12.1. The summed E-state index contributed by atoms with van der Waals surface area (Å²) in [5.41, 5.74) is 1.26. The van der Waals surface area contributed by atoms with Crippen molar-refractivity contribution in [3.05, 3.63) is 18.2 Å². The number of para-hydroxylation sites is 1. The van der Waals surface area contributed by atoms with E-state index in [0.717, 1.165) is 37.8 Å². The molecule has 1 amide bonds. The lowest BCUT2D eigenvalue weighted by Gasteiger charge is -2.41. The summed E-state index contributed by atoms with van der Waals surface area (Å²) in [6, 6.07) is 5.00. The highest BCUT2D eigenvalue weighted by atomic mass is 32.2. The molecule has 3 rings (SSSR count). The third-order valence-electron chi connectivity index (χ3n) is 3.77. The largest absolute Gasteiger partial charge is 0.358 e. The molecular formula is C13H16N2O3S. The number of hydrogen-bond acceptors (Lipinski definition) is 4. The van der Waals surface area contributed by atoms with E-state index < -0.39 is 9.84 Å². The fourth-order valence-corrected chi connectivity index (χ4v) is 3.74. The van der Waals surface area contributed by atoms with Crippen LogP contribution in [0.1, 0.15) is 19.3 Å². The first-order valence-electron chi connectivity index (χ1n) is 6.39. The third kappa shape index (κ3) is 2.00. The normalized spacial score (nSPS) is 22.5. The predicted octanol–water partition coefficient (Wildman–Crippen LogP) is 1.40. The lowest BCUT2D eigenvalue weighted by Crippen LogP contribution is -2.50. The number of anilines is 2. The first kappa shape index (κ1) is 12.5. The van der Waals surface area contributed by atoms with E-state index >= 15 is 0 Å². The first-order chi connectivity index (χ1) is 8.98. The van der Waals surface area contributed by atoms with Crippen molar-refractivity contribution in [3.63, 3.8) is 0 Å². The van der Waals surface area contributed by atoms with Gasteiger partial charge in [-0.05, 0) is 31.4 Å². The smallest absolute Gasteiger partial charge is 0.247 e. The second-order valence-electron chi connectivity index (χ2n) is 5.12. The average Bonchev–Trinajstić information content (AvgIpc) is 2.37. The van der Waals surface area contributed by atoms with Crippen molar-refractivity contribution in [2.45, 2.75) is 30.2 Å². The lowest BCUT2D eigenvalue weighted by atomic mass is 9.97. The summed E-state index contributed by atoms with van der Waals surface area (Å²) >= 11 is 0. The number of fused-ring (bicyclic) bond motifs is 3. The minimum Gasteiger partial charge on any atom is -0.358 e. The van der Waals surface area contributed by atoms with Gasteiger partial charge in [-0.25, -0.2) is 8.42 Å². The molecule has 5 nitrogen and oxygen atoms in total. The maximum absolute atomic E-state index is 12.1. The molecule has 0 radical (unpaired) electrons. The van der Waals surface area contributed by atoms with Gasteiger partial charge in [-0.2, -0.15) is 0 Å². The molecule has 102 valence electrons. The minimum absolute atomic E-state index is 0.0942. The summed E-state index contributed by atoms with van der Waals surface area (Å²) in [5, 5.41) is 2.77. The van der Waals surface area contributed by atoms with Crippen molar-refractivity contribution in [1.29, 1.82) is 0 Å². The van der Waals surface area contributed by atoms with E-state index in [0.29, 0.717) is 5.69 Å². The lowest BCUT2D eigenvalue weighted by molar-refractivity contribution is -0.118. The Bertz CT molecular complexity index is 639. The van der Waals surface area contributed by atoms with Gasteiger partial charge in [0.25, 0.3) is 0 Å². The number of carbonyl (C=O) groups excluding carboxylic acids is 1. The molecule has 0 saturated carbocycles. The molecular weight excluding hydrogens is 264 g/mol. The number of nitrogens with one attached hydrogen (secondary N) is 1. The number of amides is 1. The Balaban J connectivity index is 2.17. The number of benzene rings is 1. The van der Waals surface area contributed by atoms with Gasteiger partial charge in [-0.1, -0.05) is 6.07 Å². The Kier molecular flexibility index (Phi) is 2.78. The number of rotatable bonds is 1. The Morgan fingerprint density at radius 3 is 2.84 bits per heavy atom. The van der Waals surface area contributed by atoms with E-state index in [9.17, 15) is 13.2 Å². The Labute approximate surface area is 112 Å². The fraction of sp³-hybridized carbons (Fsp3) is 0.462. The highest BCUT2D eigenvalue weighted by Gasteiger charge is 2.36. The van der Waals surface area contributed by atoms with Gasteiger partial charge < -0.3 is 10.2 Å². The minimum atomic E-state index is -3.35. The molecule has 1 aromatic rings. The van der Waals surface area contributed by atoms with Crippen LogP contribution in [0.15, 0.2) is 23.1 Å². The van der Waals surface area contributed by atoms with Gasteiger partial charge in [0.2, 0.25) is 5.91 Å². The third-order valence-corrected chi connectivity index (χ3v) is 4.91. The summed E-state index contributed by atoms with van der Waals surface area (Å²) in [6.45, 7) is 0.804. The standard InChI is InChI=1S/C13H16N2O3S/c1-19(17,18)11-7-4-6-9-12(11)14-13(16)10-5-2-3-8-15(9)10/h4,6-7,10H,2-3,5,8H2,1H3,(H,14,16). The number of sulfone groups is 1. The van der Waals surface area contributed by atoms with Crippen LogP contribution in [0, 0.1) is 0 Å². The van der Waals surface area contributed by atoms with Gasteiger partial charge in [-0.3, -0.25) is 4.79 Å². The number of hydrogen-bond donors (Lipinski definition) is 1. The van der Waals surface area contributed by atoms with Gasteiger partial charge in [0.15, 0.2) is 9.84 Å². The van der Waals surface area contributed by atoms with Crippen molar-refractivity contribution in [2.24, 2.45) is 0 Å². The SMILES string of the molecule is CS(=O)(=O)c1cccc2c1NC(=O)C1CCCCN21. The fourth-order valence-electron chi connectivity index (χ4n) is 2.89. The number of nitrogens with zero attached hydrogens (tertiary/aromatic N) is 1. The number of carbonyl (C=O) groups is 1. The molecule has 1 fully saturated rings. The predicted molar refractivity (Wildman–Crippen MR) is 73.2 cm³/mol. The Morgan fingerprint density at radius 2 is 2.11 bits per heavy atom. The Hall–Kier alpha value is -1.56. The van der Waals surface area contributed by atoms with Crippen LogP contribution in [0.2, 0.25) is 0 Å². The van der Waals surface area contributed by atoms with Crippen molar-refractivity contribution in [1.82, 2.24) is 0 Å². The van der Waals surface area contributed by atoms with Crippen LogP contribution < -0.4 is 10.2 Å². The van der Waals surface area contributed by atoms with Crippen LogP contribution in [-0.4, -0.2) is 33.2 Å². The second kappa shape index (κ2) is 4.23. The zero-order valence-corrected chi connectivity index (χ0v) is 11.5. The summed E-state index contributed by atoms with van der Waals surface area (Å²) in [4.78, 5) is 14.4. The van der Waals surface area contributed by atoms with Gasteiger partial charge in [-0.15, -0.1) is 0 Å². The molecule has 0 spiro atoms. The van der Waals surface area contributed by atoms with Crippen LogP contribution in [0.5, 0.6) is 0 Å². The van der Waals surface area contributed by atoms with E-state index in [1.807, 2.05) is 11.0 Å². The summed E-state index contributed by atoms with van der Waals surface area (Å²) in [7, 11) is -3.35. The van der Waals surface area contributed by atoms with E-state index in [1.165, 1.54) is 0 Å². The molecule has 0 aromatic heterocycles. The highest BCUT2D eigenvalue weighted by Crippen LogP contribution is 2.39. The Morgan fingerprint density at radius 1 is 1.32 bits per heavy atom.